The van der Waals surface area contributed by atoms with Gasteiger partial charge >= 0.3 is 6.03 Å². The summed E-state index contributed by atoms with van der Waals surface area (Å²) in [6.45, 7) is 1.21. The van der Waals surface area contributed by atoms with Gasteiger partial charge in [-0.1, -0.05) is 31.0 Å². The third kappa shape index (κ3) is 6.07. The zero-order valence-electron chi connectivity index (χ0n) is 14.8. The van der Waals surface area contributed by atoms with E-state index in [0.29, 0.717) is 24.7 Å². The molecule has 0 aromatic heterocycles. The summed E-state index contributed by atoms with van der Waals surface area (Å²) in [6.07, 6.45) is 2.81. The first-order valence-electron chi connectivity index (χ1n) is 8.39. The Kier molecular flexibility index (Phi) is 7.95. The molecule has 0 radical (unpaired) electrons. The Morgan fingerprint density at radius 2 is 1.69 bits per heavy atom. The van der Waals surface area contributed by atoms with E-state index in [1.165, 1.54) is 0 Å². The summed E-state index contributed by atoms with van der Waals surface area (Å²) in [4.78, 5) is 11.1. The van der Waals surface area contributed by atoms with Crippen molar-refractivity contribution < 1.29 is 19.0 Å². The van der Waals surface area contributed by atoms with E-state index in [9.17, 15) is 4.79 Å². The molecule has 0 aliphatic heterocycles. The highest BCUT2D eigenvalue weighted by Gasteiger charge is 2.08. The fourth-order valence-corrected chi connectivity index (χ4v) is 2.45. The maximum atomic E-state index is 11.1. The summed E-state index contributed by atoms with van der Waals surface area (Å²) in [5.74, 6) is 2.17. The normalized spacial score (nSPS) is 10.2. The number of thiol groups is 1. The van der Waals surface area contributed by atoms with Gasteiger partial charge in [-0.3, -0.25) is 0 Å². The molecule has 0 atom stereocenters. The van der Waals surface area contributed by atoms with Crippen molar-refractivity contribution in [2.24, 2.45) is 5.73 Å². The van der Waals surface area contributed by atoms with Gasteiger partial charge in [-0.05, 0) is 43.5 Å². The number of para-hydroxylation sites is 2. The SMILES string of the molecule is COc1ccccc1OCCCCCOc1cccc(N(S)C(N)=O)c1. The zero-order chi connectivity index (χ0) is 18.8. The van der Waals surface area contributed by atoms with Gasteiger partial charge in [0.2, 0.25) is 0 Å². The predicted octanol–water partition coefficient (Wildman–Crippen LogP) is 4.05. The van der Waals surface area contributed by atoms with Gasteiger partial charge in [-0.25, -0.2) is 9.10 Å². The number of anilines is 1. The minimum atomic E-state index is -0.638. The number of carbonyl (C=O) groups excluding carboxylic acids is 1. The number of urea groups is 1. The van der Waals surface area contributed by atoms with Crippen LogP contribution in [0.5, 0.6) is 17.2 Å². The number of benzene rings is 2. The Morgan fingerprint density at radius 3 is 2.38 bits per heavy atom. The lowest BCUT2D eigenvalue weighted by Gasteiger charge is -2.14. The predicted molar refractivity (Wildman–Crippen MR) is 105 cm³/mol. The van der Waals surface area contributed by atoms with Crippen LogP contribution in [0, 0.1) is 0 Å². The van der Waals surface area contributed by atoms with E-state index in [4.69, 9.17) is 19.9 Å². The van der Waals surface area contributed by atoms with Crippen molar-refractivity contribution in [3.63, 3.8) is 0 Å². The fourth-order valence-electron chi connectivity index (χ4n) is 2.32. The van der Waals surface area contributed by atoms with E-state index in [-0.39, 0.29) is 0 Å². The number of primary amides is 1. The Balaban J connectivity index is 1.65. The maximum absolute atomic E-state index is 11.1. The van der Waals surface area contributed by atoms with Crippen LogP contribution in [-0.2, 0) is 0 Å². The molecule has 2 N–H and O–H groups in total. The van der Waals surface area contributed by atoms with E-state index in [1.54, 1.807) is 25.3 Å². The number of ether oxygens (including phenoxy) is 3. The van der Waals surface area contributed by atoms with Crippen molar-refractivity contribution >= 4 is 24.5 Å². The number of carbonyl (C=O) groups is 1. The van der Waals surface area contributed by atoms with Crippen molar-refractivity contribution in [3.8, 4) is 17.2 Å². The van der Waals surface area contributed by atoms with E-state index in [2.05, 4.69) is 12.8 Å². The van der Waals surface area contributed by atoms with E-state index < -0.39 is 6.03 Å². The number of nitrogens with zero attached hydrogens (tertiary/aromatic N) is 1. The summed E-state index contributed by atoms with van der Waals surface area (Å²) in [5, 5.41) is 0. The summed E-state index contributed by atoms with van der Waals surface area (Å²) in [7, 11) is 1.63. The molecule has 140 valence electrons. The highest BCUT2D eigenvalue weighted by atomic mass is 32.1. The van der Waals surface area contributed by atoms with Crippen LogP contribution in [0.4, 0.5) is 10.5 Å². The van der Waals surface area contributed by atoms with E-state index >= 15 is 0 Å². The molecule has 6 nitrogen and oxygen atoms in total. The molecular weight excluding hydrogens is 352 g/mol. The first-order valence-corrected chi connectivity index (χ1v) is 8.79. The summed E-state index contributed by atoms with van der Waals surface area (Å²) < 4.78 is 17.8. The van der Waals surface area contributed by atoms with Crippen LogP contribution in [0.25, 0.3) is 0 Å². The van der Waals surface area contributed by atoms with Crippen molar-refractivity contribution in [1.29, 1.82) is 0 Å². The van der Waals surface area contributed by atoms with Crippen molar-refractivity contribution in [2.45, 2.75) is 19.3 Å². The maximum Gasteiger partial charge on any atom is 0.329 e. The minimum Gasteiger partial charge on any atom is -0.494 e. The van der Waals surface area contributed by atoms with Gasteiger partial charge in [0.15, 0.2) is 11.5 Å². The Labute approximate surface area is 159 Å². The molecule has 26 heavy (non-hydrogen) atoms. The van der Waals surface area contributed by atoms with Gasteiger partial charge in [0.25, 0.3) is 0 Å². The second kappa shape index (κ2) is 10.5. The molecular formula is C19H24N2O4S. The van der Waals surface area contributed by atoms with Crippen LogP contribution in [0.2, 0.25) is 0 Å². The number of unbranched alkanes of at least 4 members (excludes halogenated alkanes) is 2. The lowest BCUT2D eigenvalue weighted by Crippen LogP contribution is -2.27. The van der Waals surface area contributed by atoms with Gasteiger partial charge in [0, 0.05) is 6.07 Å². The average molecular weight is 376 g/mol. The van der Waals surface area contributed by atoms with E-state index in [0.717, 1.165) is 35.1 Å². The Hall–Kier alpha value is -2.54. The van der Waals surface area contributed by atoms with Crippen LogP contribution >= 0.6 is 12.8 Å². The summed E-state index contributed by atoms with van der Waals surface area (Å²) in [6, 6.07) is 14.0. The molecule has 2 aromatic rings. The smallest absolute Gasteiger partial charge is 0.329 e. The summed E-state index contributed by atoms with van der Waals surface area (Å²) >= 11 is 4.03. The largest absolute Gasteiger partial charge is 0.494 e. The highest BCUT2D eigenvalue weighted by molar-refractivity contribution is 7.82. The Bertz CT molecular complexity index is 711. The second-order valence-electron chi connectivity index (χ2n) is 5.56. The van der Waals surface area contributed by atoms with Gasteiger partial charge in [0.1, 0.15) is 5.75 Å². The number of nitrogens with two attached hydrogens (primary N) is 1. The topological polar surface area (TPSA) is 74.0 Å². The molecule has 2 rings (SSSR count). The molecule has 0 saturated carbocycles. The zero-order valence-corrected chi connectivity index (χ0v) is 15.7. The average Bonchev–Trinajstić information content (AvgIpc) is 2.67. The van der Waals surface area contributed by atoms with Gasteiger partial charge in [0.05, 0.1) is 26.0 Å². The van der Waals surface area contributed by atoms with Gasteiger partial charge in [-0.15, -0.1) is 0 Å². The van der Waals surface area contributed by atoms with Gasteiger partial charge < -0.3 is 19.9 Å². The highest BCUT2D eigenvalue weighted by Crippen LogP contribution is 2.26. The van der Waals surface area contributed by atoms with Crippen molar-refractivity contribution in [2.75, 3.05) is 24.6 Å². The number of methoxy groups -OCH3 is 1. The first-order chi connectivity index (χ1) is 12.6. The van der Waals surface area contributed by atoms with Gasteiger partial charge in [-0.2, -0.15) is 0 Å². The second-order valence-corrected chi connectivity index (χ2v) is 5.96. The molecule has 0 fully saturated rings. The fraction of sp³-hybridized carbons (Fsp3) is 0.316. The summed E-state index contributed by atoms with van der Waals surface area (Å²) in [5.41, 5.74) is 5.77. The monoisotopic (exact) mass is 376 g/mol. The van der Waals surface area contributed by atoms with E-state index in [1.807, 2.05) is 30.3 Å². The number of hydrogen-bond acceptors (Lipinski definition) is 5. The molecule has 7 heteroatoms. The molecule has 2 amide bonds. The molecule has 0 bridgehead atoms. The molecule has 0 spiro atoms. The molecule has 0 aliphatic rings. The standard InChI is InChI=1S/C19H24N2O4S/c1-23-17-10-3-4-11-18(17)25-13-6-2-5-12-24-16-9-7-8-15(14-16)21(26)19(20)22/h3-4,7-11,14,26H,2,5-6,12-13H2,1H3,(H2,20,22). The minimum absolute atomic E-state index is 0.573. The quantitative estimate of drug-likeness (QED) is 0.484. The number of amides is 2. The third-order valence-electron chi connectivity index (χ3n) is 3.65. The molecule has 0 heterocycles. The van der Waals surface area contributed by atoms with Crippen LogP contribution in [0.15, 0.2) is 48.5 Å². The molecule has 0 saturated heterocycles. The van der Waals surface area contributed by atoms with Crippen LogP contribution in [-0.4, -0.2) is 26.4 Å². The van der Waals surface area contributed by atoms with Crippen molar-refractivity contribution in [3.05, 3.63) is 48.5 Å². The van der Waals surface area contributed by atoms with Crippen LogP contribution in [0.1, 0.15) is 19.3 Å². The third-order valence-corrected chi connectivity index (χ3v) is 4.08. The Morgan fingerprint density at radius 1 is 1.00 bits per heavy atom. The van der Waals surface area contributed by atoms with Crippen LogP contribution < -0.4 is 24.2 Å². The molecule has 0 aliphatic carbocycles. The van der Waals surface area contributed by atoms with Crippen molar-refractivity contribution in [1.82, 2.24) is 0 Å². The number of rotatable bonds is 10. The molecule has 0 unspecified atom stereocenters. The number of hydrogen-bond donors (Lipinski definition) is 2. The van der Waals surface area contributed by atoms with Crippen LogP contribution in [0.3, 0.4) is 0 Å². The molecule has 2 aromatic carbocycles. The lowest BCUT2D eigenvalue weighted by molar-refractivity contribution is 0.257. The lowest BCUT2D eigenvalue weighted by atomic mass is 10.2. The first kappa shape index (κ1) is 19.8.